The molecule has 2 fully saturated rings. The number of pyridine rings is 2. The van der Waals surface area contributed by atoms with Crippen molar-refractivity contribution in [3.8, 4) is 5.82 Å². The monoisotopic (exact) mass is 570 g/mol. The molecule has 0 spiro atoms. The van der Waals surface area contributed by atoms with Crippen LogP contribution in [0.1, 0.15) is 55.0 Å². The minimum Gasteiger partial charge on any atom is -0.370 e. The average Bonchev–Trinajstić information content (AvgIpc) is 3.43. The molecular formula is C32H35ClN6S. The van der Waals surface area contributed by atoms with Crippen molar-refractivity contribution in [1.29, 1.82) is 0 Å². The van der Waals surface area contributed by atoms with Gasteiger partial charge in [0.2, 0.25) is 0 Å². The molecule has 0 amide bonds. The minimum absolute atomic E-state index is 0.122. The second-order valence-corrected chi connectivity index (χ2v) is 12.1. The van der Waals surface area contributed by atoms with Gasteiger partial charge in [0.05, 0.1) is 28.5 Å². The number of thiocarbonyl (C=S) groups is 1. The third-order valence-electron chi connectivity index (χ3n) is 8.18. The fraction of sp³-hybridized carbons (Fsp3) is 0.344. The fourth-order valence-electron chi connectivity index (χ4n) is 6.64. The van der Waals surface area contributed by atoms with E-state index in [1.165, 1.54) is 12.0 Å². The first-order valence-electron chi connectivity index (χ1n) is 14.0. The Hall–Kier alpha value is -3.42. The molecule has 4 atom stereocenters. The molecule has 1 N–H and O–H groups in total. The Kier molecular flexibility index (Phi) is 7.27. The van der Waals surface area contributed by atoms with Gasteiger partial charge in [0.15, 0.2) is 5.11 Å². The van der Waals surface area contributed by atoms with Gasteiger partial charge in [0.25, 0.3) is 0 Å². The summed E-state index contributed by atoms with van der Waals surface area (Å²) in [5.41, 5.74) is 6.41. The van der Waals surface area contributed by atoms with Gasteiger partial charge in [-0.2, -0.15) is 0 Å². The summed E-state index contributed by atoms with van der Waals surface area (Å²) in [7, 11) is 0. The van der Waals surface area contributed by atoms with Crippen molar-refractivity contribution >= 4 is 40.3 Å². The zero-order valence-electron chi connectivity index (χ0n) is 23.4. The van der Waals surface area contributed by atoms with Crippen molar-refractivity contribution < 1.29 is 0 Å². The predicted molar refractivity (Wildman–Crippen MR) is 168 cm³/mol. The third-order valence-corrected chi connectivity index (χ3v) is 8.80. The Balaban J connectivity index is 1.44. The standard InChI is InChI=1S/C32H35ClN6S/c1-20-15-21(2)19-37(18-20)28-12-11-24(17-26(28)33)39-31(30(36-32(39)40)27-9-5-7-13-34-27)25-16-22(3)38(23(25)4)29-10-6-8-14-35-29/h5-14,16-17,20-21,30-31H,15,18-19H2,1-4H3,(H,36,40)/t20-,21+,30-,31+/m1/s1. The Morgan fingerprint density at radius 1 is 0.925 bits per heavy atom. The summed E-state index contributed by atoms with van der Waals surface area (Å²) in [6, 6.07) is 20.4. The zero-order valence-corrected chi connectivity index (χ0v) is 25.0. The molecule has 8 heteroatoms. The summed E-state index contributed by atoms with van der Waals surface area (Å²) in [6.45, 7) is 11.0. The van der Waals surface area contributed by atoms with Gasteiger partial charge in [-0.15, -0.1) is 0 Å². The third kappa shape index (κ3) is 4.86. The molecule has 0 saturated carbocycles. The predicted octanol–water partition coefficient (Wildman–Crippen LogP) is 7.20. The zero-order chi connectivity index (χ0) is 28.0. The lowest BCUT2D eigenvalue weighted by molar-refractivity contribution is 0.357. The summed E-state index contributed by atoms with van der Waals surface area (Å²) >= 11 is 13.0. The average molecular weight is 571 g/mol. The first kappa shape index (κ1) is 26.8. The summed E-state index contributed by atoms with van der Waals surface area (Å²) in [4.78, 5) is 14.0. The SMILES string of the molecule is Cc1cc([C@H]2[C@@H](c3ccccn3)NC(=S)N2c2ccc(N3C[C@H](C)C[C@H](C)C3)c(Cl)c2)c(C)n1-c1ccccn1. The van der Waals surface area contributed by atoms with Crippen LogP contribution < -0.4 is 15.1 Å². The number of benzene rings is 1. The van der Waals surface area contributed by atoms with Crippen LogP contribution >= 0.6 is 23.8 Å². The first-order valence-corrected chi connectivity index (χ1v) is 14.8. The molecule has 0 bridgehead atoms. The van der Waals surface area contributed by atoms with E-state index in [2.05, 4.69) is 82.7 Å². The van der Waals surface area contributed by atoms with Gasteiger partial charge < -0.3 is 19.7 Å². The Labute approximate surface area is 247 Å². The number of hydrogen-bond acceptors (Lipinski definition) is 4. The van der Waals surface area contributed by atoms with Gasteiger partial charge in [0, 0.05) is 42.6 Å². The summed E-state index contributed by atoms with van der Waals surface area (Å²) < 4.78 is 2.21. The topological polar surface area (TPSA) is 49.2 Å². The van der Waals surface area contributed by atoms with Crippen LogP contribution in [0, 0.1) is 25.7 Å². The van der Waals surface area contributed by atoms with Crippen molar-refractivity contribution in [2.45, 2.75) is 46.2 Å². The molecule has 6 rings (SSSR count). The highest BCUT2D eigenvalue weighted by Crippen LogP contribution is 2.45. The van der Waals surface area contributed by atoms with Crippen LogP contribution in [0.4, 0.5) is 11.4 Å². The number of hydrogen-bond donors (Lipinski definition) is 1. The van der Waals surface area contributed by atoms with Crippen LogP contribution in [0.15, 0.2) is 73.1 Å². The normalized spacial score (nSPS) is 23.0. The Morgan fingerprint density at radius 3 is 2.30 bits per heavy atom. The van der Waals surface area contributed by atoms with Gasteiger partial charge in [-0.3, -0.25) is 4.98 Å². The fourth-order valence-corrected chi connectivity index (χ4v) is 7.28. The number of halogens is 1. The molecule has 40 heavy (non-hydrogen) atoms. The minimum atomic E-state index is -0.131. The van der Waals surface area contributed by atoms with Crippen LogP contribution in [-0.2, 0) is 0 Å². The summed E-state index contributed by atoms with van der Waals surface area (Å²) in [5.74, 6) is 2.19. The van der Waals surface area contributed by atoms with Gasteiger partial charge in [-0.05, 0) is 98.4 Å². The number of nitrogens with zero attached hydrogens (tertiary/aromatic N) is 5. The van der Waals surface area contributed by atoms with E-state index in [-0.39, 0.29) is 12.1 Å². The molecule has 4 aromatic rings. The molecule has 5 heterocycles. The summed E-state index contributed by atoms with van der Waals surface area (Å²) in [5, 5.41) is 5.00. The number of aryl methyl sites for hydroxylation is 1. The molecular weight excluding hydrogens is 536 g/mol. The molecule has 0 aliphatic carbocycles. The highest BCUT2D eigenvalue weighted by Gasteiger charge is 2.42. The van der Waals surface area contributed by atoms with Crippen molar-refractivity contribution in [1.82, 2.24) is 19.9 Å². The molecule has 1 aromatic carbocycles. The van der Waals surface area contributed by atoms with Crippen LogP contribution in [0.5, 0.6) is 0 Å². The highest BCUT2D eigenvalue weighted by atomic mass is 35.5. The van der Waals surface area contributed by atoms with E-state index in [4.69, 9.17) is 28.8 Å². The van der Waals surface area contributed by atoms with Gasteiger partial charge in [-0.25, -0.2) is 4.98 Å². The van der Waals surface area contributed by atoms with E-state index in [9.17, 15) is 0 Å². The van der Waals surface area contributed by atoms with Gasteiger partial charge in [-0.1, -0.05) is 37.6 Å². The lowest BCUT2D eigenvalue weighted by Gasteiger charge is -2.37. The summed E-state index contributed by atoms with van der Waals surface area (Å²) in [6.07, 6.45) is 4.92. The lowest BCUT2D eigenvalue weighted by Crippen LogP contribution is -2.38. The number of nitrogens with one attached hydrogen (secondary N) is 1. The quantitative estimate of drug-likeness (QED) is 0.256. The second-order valence-electron chi connectivity index (χ2n) is 11.3. The molecule has 2 saturated heterocycles. The maximum absolute atomic E-state index is 7.02. The van der Waals surface area contributed by atoms with E-state index in [0.29, 0.717) is 16.9 Å². The molecule has 2 aliphatic heterocycles. The largest absolute Gasteiger partial charge is 0.370 e. The molecule has 3 aromatic heterocycles. The van der Waals surface area contributed by atoms with Gasteiger partial charge in [0.1, 0.15) is 5.82 Å². The smallest absolute Gasteiger partial charge is 0.174 e. The molecule has 0 radical (unpaired) electrons. The first-order chi connectivity index (χ1) is 19.3. The number of rotatable bonds is 5. The van der Waals surface area contributed by atoms with Crippen molar-refractivity contribution in [2.24, 2.45) is 11.8 Å². The van der Waals surface area contributed by atoms with Crippen LogP contribution in [0.2, 0.25) is 5.02 Å². The number of anilines is 2. The van der Waals surface area contributed by atoms with Crippen molar-refractivity contribution in [2.75, 3.05) is 22.9 Å². The molecule has 6 nitrogen and oxygen atoms in total. The molecule has 206 valence electrons. The maximum Gasteiger partial charge on any atom is 0.174 e. The lowest BCUT2D eigenvalue weighted by atomic mass is 9.91. The van der Waals surface area contributed by atoms with Crippen molar-refractivity contribution in [3.05, 3.63) is 101 Å². The highest BCUT2D eigenvalue weighted by molar-refractivity contribution is 7.80. The van der Waals surface area contributed by atoms with E-state index >= 15 is 0 Å². The number of aromatic nitrogens is 3. The maximum atomic E-state index is 7.02. The van der Waals surface area contributed by atoms with E-state index < -0.39 is 0 Å². The van der Waals surface area contributed by atoms with E-state index in [1.54, 1.807) is 0 Å². The van der Waals surface area contributed by atoms with E-state index in [1.807, 2.05) is 42.7 Å². The van der Waals surface area contributed by atoms with Crippen LogP contribution in [0.25, 0.3) is 5.82 Å². The van der Waals surface area contributed by atoms with E-state index in [0.717, 1.165) is 52.4 Å². The molecule has 0 unspecified atom stereocenters. The second kappa shape index (κ2) is 10.9. The van der Waals surface area contributed by atoms with Gasteiger partial charge >= 0.3 is 0 Å². The molecule has 2 aliphatic rings. The van der Waals surface area contributed by atoms with Crippen LogP contribution in [0.3, 0.4) is 0 Å². The van der Waals surface area contributed by atoms with Crippen LogP contribution in [-0.4, -0.2) is 32.7 Å². The Bertz CT molecular complexity index is 1510. The number of piperidine rings is 1. The Morgan fingerprint density at radius 2 is 1.65 bits per heavy atom. The van der Waals surface area contributed by atoms with Crippen molar-refractivity contribution in [3.63, 3.8) is 0 Å².